The maximum atomic E-state index is 5.52. The zero-order valence-electron chi connectivity index (χ0n) is 16.9. The number of nitrogens with zero attached hydrogens (tertiary/aromatic N) is 4. The number of nitrogens with one attached hydrogen (secondary N) is 2. The highest BCUT2D eigenvalue weighted by Gasteiger charge is 2.23. The fraction of sp³-hybridized carbons (Fsp3) is 0.500. The Morgan fingerprint density at radius 3 is 2.82 bits per heavy atom. The molecular formula is C20H30N6OS. The lowest BCUT2D eigenvalue weighted by Gasteiger charge is -2.34. The minimum absolute atomic E-state index is 0.323. The number of anilines is 1. The quantitative estimate of drug-likeness (QED) is 0.545. The Kier molecular flexibility index (Phi) is 7.64. The highest BCUT2D eigenvalue weighted by atomic mass is 32.1. The van der Waals surface area contributed by atoms with E-state index in [1.807, 2.05) is 38.3 Å². The van der Waals surface area contributed by atoms with Crippen LogP contribution in [-0.2, 0) is 11.3 Å². The van der Waals surface area contributed by atoms with E-state index in [-0.39, 0.29) is 0 Å². The summed E-state index contributed by atoms with van der Waals surface area (Å²) in [5.74, 6) is 1.75. The van der Waals surface area contributed by atoms with Gasteiger partial charge in [0.15, 0.2) is 5.96 Å². The lowest BCUT2D eigenvalue weighted by molar-refractivity contribution is 0.0177. The molecule has 3 rings (SSSR count). The van der Waals surface area contributed by atoms with Crippen LogP contribution < -0.4 is 15.5 Å². The largest absolute Gasteiger partial charge is 0.379 e. The number of ether oxygens (including phenoxy) is 1. The molecule has 0 radical (unpaired) electrons. The molecule has 0 aromatic carbocycles. The summed E-state index contributed by atoms with van der Waals surface area (Å²) >= 11 is 1.80. The number of hydrogen-bond donors (Lipinski definition) is 2. The molecule has 1 saturated heterocycles. The maximum absolute atomic E-state index is 5.52. The first-order valence-electron chi connectivity index (χ1n) is 9.59. The van der Waals surface area contributed by atoms with Gasteiger partial charge >= 0.3 is 0 Å². The number of thiophene rings is 1. The van der Waals surface area contributed by atoms with Crippen molar-refractivity contribution in [3.05, 3.63) is 46.3 Å². The summed E-state index contributed by atoms with van der Waals surface area (Å²) < 4.78 is 5.52. The van der Waals surface area contributed by atoms with Gasteiger partial charge in [0.1, 0.15) is 5.82 Å². The third-order valence-corrected chi connectivity index (χ3v) is 5.75. The van der Waals surface area contributed by atoms with E-state index < -0.39 is 0 Å². The van der Waals surface area contributed by atoms with Crippen molar-refractivity contribution in [2.24, 2.45) is 4.99 Å². The second kappa shape index (κ2) is 10.4. The number of hydrogen-bond acceptors (Lipinski definition) is 6. The standard InChI is InChI=1S/C20H30N6OS/c1-21-20(23-14-16-6-7-22-19(13-16)25(2)3)24-15-17(18-5-4-12-28-18)26-8-10-27-11-9-26/h4-7,12-13,17H,8-11,14-15H2,1-3H3,(H2,21,23,24). The van der Waals surface area contributed by atoms with Crippen LogP contribution >= 0.6 is 11.3 Å². The van der Waals surface area contributed by atoms with Gasteiger partial charge in [-0.1, -0.05) is 6.07 Å². The van der Waals surface area contributed by atoms with Crippen LogP contribution in [0.25, 0.3) is 0 Å². The van der Waals surface area contributed by atoms with E-state index in [2.05, 4.69) is 49.1 Å². The number of guanidine groups is 1. The first-order chi connectivity index (χ1) is 13.7. The highest BCUT2D eigenvalue weighted by Crippen LogP contribution is 2.25. The first-order valence-corrected chi connectivity index (χ1v) is 10.5. The van der Waals surface area contributed by atoms with E-state index in [4.69, 9.17) is 4.74 Å². The van der Waals surface area contributed by atoms with E-state index in [9.17, 15) is 0 Å². The Hall–Kier alpha value is -2.16. The Morgan fingerprint density at radius 1 is 1.32 bits per heavy atom. The molecule has 152 valence electrons. The van der Waals surface area contributed by atoms with Gasteiger partial charge in [-0.3, -0.25) is 9.89 Å². The highest BCUT2D eigenvalue weighted by molar-refractivity contribution is 7.10. The molecule has 1 aliphatic rings. The van der Waals surface area contributed by atoms with E-state index in [0.717, 1.165) is 44.6 Å². The number of aliphatic imine (C=N–C) groups is 1. The third kappa shape index (κ3) is 5.67. The van der Waals surface area contributed by atoms with Crippen LogP contribution in [0.4, 0.5) is 5.82 Å². The third-order valence-electron chi connectivity index (χ3n) is 4.77. The van der Waals surface area contributed by atoms with Gasteiger partial charge in [0.2, 0.25) is 0 Å². The van der Waals surface area contributed by atoms with Crippen LogP contribution in [0.2, 0.25) is 0 Å². The molecule has 0 amide bonds. The van der Waals surface area contributed by atoms with Gasteiger partial charge < -0.3 is 20.3 Å². The summed E-state index contributed by atoms with van der Waals surface area (Å²) in [4.78, 5) is 14.6. The van der Waals surface area contributed by atoms with Crippen LogP contribution in [-0.4, -0.2) is 69.8 Å². The minimum atomic E-state index is 0.323. The lowest BCUT2D eigenvalue weighted by atomic mass is 10.2. The Morgan fingerprint density at radius 2 is 2.14 bits per heavy atom. The predicted molar refractivity (Wildman–Crippen MR) is 116 cm³/mol. The second-order valence-corrected chi connectivity index (χ2v) is 7.88. The van der Waals surface area contributed by atoms with Gasteiger partial charge in [0.25, 0.3) is 0 Å². The molecule has 0 aliphatic carbocycles. The Balaban J connectivity index is 1.58. The smallest absolute Gasteiger partial charge is 0.191 e. The number of rotatable bonds is 7. The van der Waals surface area contributed by atoms with Crippen LogP contribution in [0.15, 0.2) is 40.8 Å². The van der Waals surface area contributed by atoms with Gasteiger partial charge in [0.05, 0.1) is 19.3 Å². The summed E-state index contributed by atoms with van der Waals surface area (Å²) in [6.07, 6.45) is 1.84. The van der Waals surface area contributed by atoms with Gasteiger partial charge in [-0.25, -0.2) is 4.98 Å². The van der Waals surface area contributed by atoms with Crippen molar-refractivity contribution < 1.29 is 4.74 Å². The maximum Gasteiger partial charge on any atom is 0.191 e. The van der Waals surface area contributed by atoms with E-state index in [1.54, 1.807) is 11.3 Å². The van der Waals surface area contributed by atoms with Crippen molar-refractivity contribution in [1.29, 1.82) is 0 Å². The van der Waals surface area contributed by atoms with Crippen LogP contribution in [0.5, 0.6) is 0 Å². The second-order valence-electron chi connectivity index (χ2n) is 6.90. The van der Waals surface area contributed by atoms with Crippen molar-refractivity contribution in [1.82, 2.24) is 20.5 Å². The molecule has 1 aliphatic heterocycles. The van der Waals surface area contributed by atoms with Gasteiger partial charge in [-0.2, -0.15) is 0 Å². The van der Waals surface area contributed by atoms with Gasteiger partial charge in [0, 0.05) is 58.4 Å². The molecule has 2 aromatic heterocycles. The molecule has 1 fully saturated rings. The SMILES string of the molecule is CN=C(NCc1ccnc(N(C)C)c1)NCC(c1cccs1)N1CCOCC1. The van der Waals surface area contributed by atoms with E-state index in [1.165, 1.54) is 10.4 Å². The summed E-state index contributed by atoms with van der Waals surface area (Å²) in [5.41, 5.74) is 1.17. The molecule has 1 unspecified atom stereocenters. The lowest BCUT2D eigenvalue weighted by Crippen LogP contribution is -2.46. The zero-order valence-corrected chi connectivity index (χ0v) is 17.7. The van der Waals surface area contributed by atoms with Gasteiger partial charge in [-0.15, -0.1) is 11.3 Å². The predicted octanol–water partition coefficient (Wildman–Crippen LogP) is 1.95. The Labute approximate surface area is 171 Å². The van der Waals surface area contributed by atoms with Crippen LogP contribution in [0.1, 0.15) is 16.5 Å². The minimum Gasteiger partial charge on any atom is -0.379 e. The fourth-order valence-corrected chi connectivity index (χ4v) is 4.06. The normalized spacial score (nSPS) is 16.6. The molecule has 8 heteroatoms. The van der Waals surface area contributed by atoms with Crippen molar-refractivity contribution >= 4 is 23.1 Å². The summed E-state index contributed by atoms with van der Waals surface area (Å²) in [5, 5.41) is 9.05. The topological polar surface area (TPSA) is 65.0 Å². The first kappa shape index (κ1) is 20.6. The van der Waals surface area contributed by atoms with Gasteiger partial charge in [-0.05, 0) is 29.1 Å². The molecule has 28 heavy (non-hydrogen) atoms. The molecule has 3 heterocycles. The van der Waals surface area contributed by atoms with Crippen LogP contribution in [0, 0.1) is 0 Å². The average molecular weight is 403 g/mol. The van der Waals surface area contributed by atoms with E-state index >= 15 is 0 Å². The molecule has 7 nitrogen and oxygen atoms in total. The molecule has 0 spiro atoms. The molecule has 2 N–H and O–H groups in total. The fourth-order valence-electron chi connectivity index (χ4n) is 3.19. The Bertz CT molecular complexity index is 743. The average Bonchev–Trinajstić information content (AvgIpc) is 3.26. The van der Waals surface area contributed by atoms with Crippen LogP contribution in [0.3, 0.4) is 0 Å². The van der Waals surface area contributed by atoms with Crippen molar-refractivity contribution in [3.8, 4) is 0 Å². The molecule has 0 saturated carbocycles. The zero-order chi connectivity index (χ0) is 19.8. The molecule has 0 bridgehead atoms. The molecular weight excluding hydrogens is 372 g/mol. The molecule has 2 aromatic rings. The summed E-state index contributed by atoms with van der Waals surface area (Å²) in [7, 11) is 5.80. The molecule has 1 atom stereocenters. The number of pyridine rings is 1. The van der Waals surface area contributed by atoms with Crippen molar-refractivity contribution in [2.45, 2.75) is 12.6 Å². The summed E-state index contributed by atoms with van der Waals surface area (Å²) in [6.45, 7) is 5.02. The van der Waals surface area contributed by atoms with Crippen molar-refractivity contribution in [2.75, 3.05) is 58.9 Å². The summed E-state index contributed by atoms with van der Waals surface area (Å²) in [6, 6.07) is 8.76. The van der Waals surface area contributed by atoms with Crippen molar-refractivity contribution in [3.63, 3.8) is 0 Å². The number of morpholine rings is 1. The number of aromatic nitrogens is 1. The van der Waals surface area contributed by atoms with E-state index in [0.29, 0.717) is 12.6 Å². The monoisotopic (exact) mass is 402 g/mol.